The SMILES string of the molecule is N=C(N)c1c(Cl)cccc1N1CCCC1CCCO. The van der Waals surface area contributed by atoms with Crippen LogP contribution in [0.2, 0.25) is 5.02 Å². The van der Waals surface area contributed by atoms with Crippen molar-refractivity contribution >= 4 is 23.1 Å². The molecule has 4 N–H and O–H groups in total. The van der Waals surface area contributed by atoms with E-state index in [-0.39, 0.29) is 12.4 Å². The summed E-state index contributed by atoms with van der Waals surface area (Å²) >= 11 is 6.17. The van der Waals surface area contributed by atoms with Crippen LogP contribution >= 0.6 is 11.6 Å². The zero-order valence-corrected chi connectivity index (χ0v) is 11.7. The molecule has 0 spiro atoms. The fraction of sp³-hybridized carbons (Fsp3) is 0.500. The lowest BCUT2D eigenvalue weighted by molar-refractivity contribution is 0.279. The molecule has 0 amide bonds. The number of hydrogen-bond acceptors (Lipinski definition) is 3. The summed E-state index contributed by atoms with van der Waals surface area (Å²) in [5, 5.41) is 17.2. The van der Waals surface area contributed by atoms with Crippen molar-refractivity contribution in [2.75, 3.05) is 18.1 Å². The Labute approximate surface area is 118 Å². The third kappa shape index (κ3) is 3.01. The molecule has 1 aromatic rings. The molecule has 1 fully saturated rings. The molecule has 1 aromatic carbocycles. The molecular weight excluding hydrogens is 262 g/mol. The Morgan fingerprint density at radius 3 is 3.00 bits per heavy atom. The summed E-state index contributed by atoms with van der Waals surface area (Å²) in [6.07, 6.45) is 4.00. The second-order valence-corrected chi connectivity index (χ2v) is 5.31. The predicted octanol–water partition coefficient (Wildman–Crippen LogP) is 2.37. The van der Waals surface area contributed by atoms with Crippen LogP contribution in [0, 0.1) is 5.41 Å². The number of aliphatic hydroxyl groups excluding tert-OH is 1. The number of rotatable bonds is 5. The van der Waals surface area contributed by atoms with Crippen LogP contribution in [0.1, 0.15) is 31.2 Å². The number of nitrogens with one attached hydrogen (secondary N) is 1. The number of aliphatic hydroxyl groups is 1. The maximum atomic E-state index is 8.98. The first kappa shape index (κ1) is 14.2. The smallest absolute Gasteiger partial charge is 0.126 e. The van der Waals surface area contributed by atoms with Gasteiger partial charge in [0.15, 0.2) is 0 Å². The highest BCUT2D eigenvalue weighted by molar-refractivity contribution is 6.34. The first-order valence-electron chi connectivity index (χ1n) is 6.65. The predicted molar refractivity (Wildman–Crippen MR) is 79.2 cm³/mol. The lowest BCUT2D eigenvalue weighted by Crippen LogP contribution is -2.31. The summed E-state index contributed by atoms with van der Waals surface area (Å²) in [4.78, 5) is 2.28. The summed E-state index contributed by atoms with van der Waals surface area (Å²) < 4.78 is 0. The zero-order chi connectivity index (χ0) is 13.8. The number of benzene rings is 1. The maximum Gasteiger partial charge on any atom is 0.126 e. The zero-order valence-electron chi connectivity index (χ0n) is 10.9. The number of anilines is 1. The van der Waals surface area contributed by atoms with E-state index in [1.807, 2.05) is 12.1 Å². The second-order valence-electron chi connectivity index (χ2n) is 4.90. The molecule has 5 heteroatoms. The molecule has 104 valence electrons. The van der Waals surface area contributed by atoms with Crippen LogP contribution in [0.4, 0.5) is 5.69 Å². The molecule has 1 unspecified atom stereocenters. The van der Waals surface area contributed by atoms with E-state index in [4.69, 9.17) is 27.9 Å². The normalized spacial score (nSPS) is 18.8. The number of nitrogens with zero attached hydrogens (tertiary/aromatic N) is 1. The number of amidine groups is 1. The van der Waals surface area contributed by atoms with E-state index in [2.05, 4.69) is 4.90 Å². The lowest BCUT2D eigenvalue weighted by atomic mass is 10.1. The molecule has 1 aliphatic rings. The molecule has 4 nitrogen and oxygen atoms in total. The quantitative estimate of drug-likeness (QED) is 0.573. The standard InChI is InChI=1S/C14H20ClN3O/c15-11-6-1-7-12(13(11)14(16)17)18-8-2-4-10(18)5-3-9-19/h1,6-7,10,19H,2-5,8-9H2,(H3,16,17). The van der Waals surface area contributed by atoms with Crippen LogP contribution in [0.5, 0.6) is 0 Å². The van der Waals surface area contributed by atoms with E-state index in [1.165, 1.54) is 0 Å². The highest BCUT2D eigenvalue weighted by Crippen LogP contribution is 2.33. The summed E-state index contributed by atoms with van der Waals surface area (Å²) in [6, 6.07) is 6.04. The summed E-state index contributed by atoms with van der Waals surface area (Å²) in [5.41, 5.74) is 7.23. The van der Waals surface area contributed by atoms with Gasteiger partial charge < -0.3 is 15.7 Å². The van der Waals surface area contributed by atoms with Crippen molar-refractivity contribution in [1.29, 1.82) is 5.41 Å². The highest BCUT2D eigenvalue weighted by atomic mass is 35.5. The van der Waals surface area contributed by atoms with Crippen molar-refractivity contribution in [3.05, 3.63) is 28.8 Å². The van der Waals surface area contributed by atoms with Crippen molar-refractivity contribution < 1.29 is 5.11 Å². The Kier molecular flexibility index (Phi) is 4.66. The molecule has 0 radical (unpaired) electrons. The fourth-order valence-corrected chi connectivity index (χ4v) is 3.07. The van der Waals surface area contributed by atoms with Crippen molar-refractivity contribution in [2.45, 2.75) is 31.7 Å². The van der Waals surface area contributed by atoms with E-state index in [0.717, 1.165) is 37.9 Å². The summed E-state index contributed by atoms with van der Waals surface area (Å²) in [5.74, 6) is 0.00779. The van der Waals surface area contributed by atoms with Gasteiger partial charge in [-0.15, -0.1) is 0 Å². The van der Waals surface area contributed by atoms with E-state index in [9.17, 15) is 0 Å². The third-order valence-electron chi connectivity index (χ3n) is 3.64. The first-order valence-corrected chi connectivity index (χ1v) is 7.03. The molecule has 1 atom stereocenters. The first-order chi connectivity index (χ1) is 9.15. The van der Waals surface area contributed by atoms with Gasteiger partial charge in [-0.2, -0.15) is 0 Å². The molecule has 19 heavy (non-hydrogen) atoms. The van der Waals surface area contributed by atoms with Gasteiger partial charge in [0.1, 0.15) is 5.84 Å². The maximum absolute atomic E-state index is 8.98. The minimum atomic E-state index is 0.00779. The Bertz CT molecular complexity index is 464. The van der Waals surface area contributed by atoms with Crippen LogP contribution in [-0.4, -0.2) is 30.1 Å². The third-order valence-corrected chi connectivity index (χ3v) is 3.96. The Balaban J connectivity index is 2.30. The van der Waals surface area contributed by atoms with Crippen LogP contribution in [0.15, 0.2) is 18.2 Å². The van der Waals surface area contributed by atoms with Crippen molar-refractivity contribution in [3.63, 3.8) is 0 Å². The molecule has 1 saturated heterocycles. The minimum absolute atomic E-state index is 0.00779. The van der Waals surface area contributed by atoms with Gasteiger partial charge in [-0.1, -0.05) is 17.7 Å². The van der Waals surface area contributed by atoms with E-state index in [1.54, 1.807) is 6.07 Å². The minimum Gasteiger partial charge on any atom is -0.396 e. The van der Waals surface area contributed by atoms with E-state index >= 15 is 0 Å². The van der Waals surface area contributed by atoms with Crippen LogP contribution in [-0.2, 0) is 0 Å². The molecule has 0 saturated carbocycles. The van der Waals surface area contributed by atoms with Gasteiger partial charge in [-0.3, -0.25) is 5.41 Å². The Morgan fingerprint density at radius 2 is 2.32 bits per heavy atom. The number of halogens is 1. The topological polar surface area (TPSA) is 73.3 Å². The average molecular weight is 282 g/mol. The largest absolute Gasteiger partial charge is 0.396 e. The monoisotopic (exact) mass is 281 g/mol. The molecule has 0 aromatic heterocycles. The van der Waals surface area contributed by atoms with Gasteiger partial charge in [0.2, 0.25) is 0 Å². The van der Waals surface area contributed by atoms with E-state index < -0.39 is 0 Å². The number of nitrogen functional groups attached to an aromatic ring is 1. The summed E-state index contributed by atoms with van der Waals surface area (Å²) in [6.45, 7) is 1.18. The van der Waals surface area contributed by atoms with Crippen molar-refractivity contribution in [1.82, 2.24) is 0 Å². The fourth-order valence-electron chi connectivity index (χ4n) is 2.80. The molecule has 0 bridgehead atoms. The molecule has 0 aliphatic carbocycles. The van der Waals surface area contributed by atoms with Gasteiger partial charge >= 0.3 is 0 Å². The van der Waals surface area contributed by atoms with Gasteiger partial charge in [-0.25, -0.2) is 0 Å². The molecule has 1 aliphatic heterocycles. The number of hydrogen-bond donors (Lipinski definition) is 3. The summed E-state index contributed by atoms with van der Waals surface area (Å²) in [7, 11) is 0. The number of nitrogens with two attached hydrogens (primary N) is 1. The van der Waals surface area contributed by atoms with E-state index in [0.29, 0.717) is 16.6 Å². The average Bonchev–Trinajstić information content (AvgIpc) is 2.83. The van der Waals surface area contributed by atoms with Gasteiger partial charge in [-0.05, 0) is 37.8 Å². The molecular formula is C14H20ClN3O. The van der Waals surface area contributed by atoms with Crippen molar-refractivity contribution in [3.8, 4) is 0 Å². The van der Waals surface area contributed by atoms with Crippen LogP contribution in [0.3, 0.4) is 0 Å². The van der Waals surface area contributed by atoms with Gasteiger partial charge in [0.25, 0.3) is 0 Å². The molecule has 2 rings (SSSR count). The van der Waals surface area contributed by atoms with Gasteiger partial charge in [0, 0.05) is 24.9 Å². The van der Waals surface area contributed by atoms with Crippen molar-refractivity contribution in [2.24, 2.45) is 5.73 Å². The lowest BCUT2D eigenvalue weighted by Gasteiger charge is -2.29. The van der Waals surface area contributed by atoms with Gasteiger partial charge in [0.05, 0.1) is 10.6 Å². The Hall–Kier alpha value is -1.26. The second kappa shape index (κ2) is 6.26. The molecule has 1 heterocycles. The van der Waals surface area contributed by atoms with Crippen LogP contribution < -0.4 is 10.6 Å². The highest BCUT2D eigenvalue weighted by Gasteiger charge is 2.27. The Morgan fingerprint density at radius 1 is 1.53 bits per heavy atom. The van der Waals surface area contributed by atoms with Crippen LogP contribution in [0.25, 0.3) is 0 Å².